The molecule has 0 N–H and O–H groups in total. The Hall–Kier alpha value is -0.567. The van der Waals surface area contributed by atoms with Crippen molar-refractivity contribution in [1.29, 1.82) is 0 Å². The van der Waals surface area contributed by atoms with Gasteiger partial charge in [-0.25, -0.2) is 0 Å². The molecule has 0 aliphatic heterocycles. The molecule has 0 aromatic rings. The summed E-state index contributed by atoms with van der Waals surface area (Å²) in [6, 6.07) is 0. The second-order valence-corrected chi connectivity index (χ2v) is 5.59. The van der Waals surface area contributed by atoms with Gasteiger partial charge in [0.2, 0.25) is 0 Å². The summed E-state index contributed by atoms with van der Waals surface area (Å²) < 4.78 is 10.7. The van der Waals surface area contributed by atoms with Crippen molar-refractivity contribution in [2.24, 2.45) is 0 Å². The van der Waals surface area contributed by atoms with Gasteiger partial charge in [-0.1, -0.05) is 20.3 Å². The second-order valence-electron chi connectivity index (χ2n) is 5.59. The number of hydrogen-bond acceptors (Lipinski definition) is 4. The van der Waals surface area contributed by atoms with Gasteiger partial charge in [0.05, 0.1) is 13.0 Å². The second kappa shape index (κ2) is 10.2. The first kappa shape index (κ1) is 20.4. The fourth-order valence-electron chi connectivity index (χ4n) is 2.51. The molecule has 1 radical (unpaired) electrons. The Morgan fingerprint density at radius 3 is 2.29 bits per heavy atom. The van der Waals surface area contributed by atoms with E-state index in [9.17, 15) is 9.59 Å². The minimum Gasteiger partial charge on any atom is -0.487 e. The molecular weight excluding hydrogens is 357 g/mol. The molecule has 5 heteroatoms. The van der Waals surface area contributed by atoms with Crippen LogP contribution in [0.3, 0.4) is 0 Å². The van der Waals surface area contributed by atoms with E-state index in [2.05, 4.69) is 6.92 Å². The Balaban J connectivity index is 0.00000400. The maximum absolute atomic E-state index is 11.9. The van der Waals surface area contributed by atoms with Crippen LogP contribution in [-0.2, 0) is 38.5 Å². The molecule has 4 nitrogen and oxygen atoms in total. The molecular formula is C16H27O4Ru. The maximum atomic E-state index is 11.9. The fourth-order valence-corrected chi connectivity index (χ4v) is 2.51. The van der Waals surface area contributed by atoms with E-state index in [1.807, 2.05) is 6.92 Å². The fraction of sp³-hybridized carbons (Fsp3) is 0.812. The van der Waals surface area contributed by atoms with Crippen LogP contribution in [0.1, 0.15) is 72.1 Å². The molecule has 1 aliphatic carbocycles. The molecule has 0 bridgehead atoms. The van der Waals surface area contributed by atoms with Crippen molar-refractivity contribution < 1.29 is 38.5 Å². The maximum Gasteiger partial charge on any atom is 1.00 e. The summed E-state index contributed by atoms with van der Waals surface area (Å²) in [5, 5.41) is 0. The van der Waals surface area contributed by atoms with E-state index < -0.39 is 0 Å². The van der Waals surface area contributed by atoms with Gasteiger partial charge >= 0.3 is 25.4 Å². The molecule has 1 aliphatic rings. The number of rotatable bonds is 7. The van der Waals surface area contributed by atoms with Crippen molar-refractivity contribution in [3.8, 4) is 0 Å². The number of hydrogen-bond donors (Lipinski definition) is 0. The van der Waals surface area contributed by atoms with E-state index in [0.29, 0.717) is 12.3 Å². The summed E-state index contributed by atoms with van der Waals surface area (Å²) in [6.45, 7) is 5.82. The molecule has 0 atom stereocenters. The SMILES string of the molecule is CC[C-](C)C(=O)OCCC(=O)OC1(CC)CCCCC1.[Ru+]. The van der Waals surface area contributed by atoms with E-state index in [1.54, 1.807) is 6.92 Å². The van der Waals surface area contributed by atoms with Crippen LogP contribution in [0.5, 0.6) is 0 Å². The smallest absolute Gasteiger partial charge is 0.487 e. The third-order valence-corrected chi connectivity index (χ3v) is 4.16. The van der Waals surface area contributed by atoms with E-state index in [4.69, 9.17) is 9.47 Å². The molecule has 0 aromatic heterocycles. The summed E-state index contributed by atoms with van der Waals surface area (Å²) in [5.74, 6) is 0.106. The van der Waals surface area contributed by atoms with Gasteiger partial charge in [0.25, 0.3) is 0 Å². The number of carbonyl (C=O) groups excluding carboxylic acids is 2. The predicted octanol–water partition coefficient (Wildman–Crippen LogP) is 3.58. The van der Waals surface area contributed by atoms with Crippen molar-refractivity contribution in [2.75, 3.05) is 6.61 Å². The zero-order chi connectivity index (χ0) is 15.0. The van der Waals surface area contributed by atoms with Gasteiger partial charge in [0.15, 0.2) is 5.97 Å². The zero-order valence-corrected chi connectivity index (χ0v) is 15.1. The molecule has 0 saturated heterocycles. The molecule has 0 amide bonds. The van der Waals surface area contributed by atoms with E-state index in [-0.39, 0.29) is 50.0 Å². The normalized spacial score (nSPS) is 16.5. The van der Waals surface area contributed by atoms with Crippen molar-refractivity contribution in [3.05, 3.63) is 5.92 Å². The van der Waals surface area contributed by atoms with Gasteiger partial charge in [-0.3, -0.25) is 15.5 Å². The van der Waals surface area contributed by atoms with Gasteiger partial charge in [-0.2, -0.15) is 13.3 Å². The van der Waals surface area contributed by atoms with E-state index in [1.165, 1.54) is 6.42 Å². The van der Waals surface area contributed by atoms with E-state index in [0.717, 1.165) is 32.1 Å². The van der Waals surface area contributed by atoms with Crippen molar-refractivity contribution in [3.63, 3.8) is 0 Å². The van der Waals surface area contributed by atoms with E-state index >= 15 is 0 Å². The molecule has 21 heavy (non-hydrogen) atoms. The Labute approximate surface area is 141 Å². The molecule has 0 unspecified atom stereocenters. The molecule has 1 saturated carbocycles. The van der Waals surface area contributed by atoms with Crippen LogP contribution in [0.15, 0.2) is 0 Å². The number of esters is 2. The third-order valence-electron chi connectivity index (χ3n) is 4.16. The zero-order valence-electron chi connectivity index (χ0n) is 13.4. The Kier molecular flexibility index (Phi) is 9.93. The van der Waals surface area contributed by atoms with Crippen LogP contribution < -0.4 is 0 Å². The molecule has 123 valence electrons. The van der Waals surface area contributed by atoms with Gasteiger partial charge in [-0.05, 0) is 32.1 Å². The average Bonchev–Trinajstić information content (AvgIpc) is 2.47. The molecule has 0 aromatic carbocycles. The van der Waals surface area contributed by atoms with Gasteiger partial charge in [-0.15, -0.1) is 0 Å². The summed E-state index contributed by atoms with van der Waals surface area (Å²) in [5.41, 5.74) is -0.273. The summed E-state index contributed by atoms with van der Waals surface area (Å²) in [4.78, 5) is 23.3. The predicted molar refractivity (Wildman–Crippen MR) is 77.0 cm³/mol. The van der Waals surface area contributed by atoms with Crippen LogP contribution in [0.2, 0.25) is 0 Å². The van der Waals surface area contributed by atoms with Gasteiger partial charge < -0.3 is 9.47 Å². The topological polar surface area (TPSA) is 52.6 Å². The van der Waals surface area contributed by atoms with Gasteiger partial charge in [0, 0.05) is 0 Å². The van der Waals surface area contributed by atoms with Crippen molar-refractivity contribution in [2.45, 2.75) is 77.7 Å². The van der Waals surface area contributed by atoms with Crippen LogP contribution in [0.25, 0.3) is 0 Å². The summed E-state index contributed by atoms with van der Waals surface area (Å²) >= 11 is 0. The first-order valence-electron chi connectivity index (χ1n) is 7.74. The standard InChI is InChI=1S/C16H27O4.Ru/c1-4-13(3)15(18)19-12-9-14(17)20-16(5-2)10-7-6-8-11-16;/h4-12H2,1-3H3;/q-1;+1. The minimum absolute atomic E-state index is 0. The Bertz CT molecular complexity index is 324. The van der Waals surface area contributed by atoms with Crippen LogP contribution in [0, 0.1) is 5.92 Å². The summed E-state index contributed by atoms with van der Waals surface area (Å²) in [7, 11) is 0. The quantitative estimate of drug-likeness (QED) is 0.382. The monoisotopic (exact) mass is 385 g/mol. The largest absolute Gasteiger partial charge is 1.00 e. The van der Waals surface area contributed by atoms with Crippen LogP contribution >= 0.6 is 0 Å². The first-order valence-corrected chi connectivity index (χ1v) is 7.74. The first-order chi connectivity index (χ1) is 9.53. The van der Waals surface area contributed by atoms with Crippen LogP contribution in [0.4, 0.5) is 0 Å². The summed E-state index contributed by atoms with van der Waals surface area (Å²) in [6.07, 6.45) is 7.06. The van der Waals surface area contributed by atoms with Crippen molar-refractivity contribution >= 4 is 11.9 Å². The third kappa shape index (κ3) is 6.82. The average molecular weight is 384 g/mol. The Morgan fingerprint density at radius 1 is 1.14 bits per heavy atom. The molecule has 1 rings (SSSR count). The van der Waals surface area contributed by atoms with Crippen LogP contribution in [-0.4, -0.2) is 24.1 Å². The molecule has 0 heterocycles. The minimum atomic E-state index is -0.317. The molecule has 1 fully saturated rings. The number of carbonyl (C=O) groups is 2. The number of ether oxygens (including phenoxy) is 2. The molecule has 0 spiro atoms. The Morgan fingerprint density at radius 2 is 1.76 bits per heavy atom. The van der Waals surface area contributed by atoms with Crippen molar-refractivity contribution in [1.82, 2.24) is 0 Å². The van der Waals surface area contributed by atoms with Gasteiger partial charge in [0.1, 0.15) is 5.60 Å².